The number of carbonyl (C=O) groups is 1. The molecule has 0 aliphatic carbocycles. The fourth-order valence-corrected chi connectivity index (χ4v) is 2.07. The second-order valence-electron chi connectivity index (χ2n) is 3.61. The topological polar surface area (TPSA) is 60.8 Å². The molecule has 0 aromatic carbocycles. The van der Waals surface area contributed by atoms with Crippen LogP contribution in [-0.2, 0) is 4.79 Å². The second kappa shape index (κ2) is 2.80. The van der Waals surface area contributed by atoms with Crippen molar-refractivity contribution in [3.63, 3.8) is 0 Å². The molecule has 12 heavy (non-hydrogen) atoms. The van der Waals surface area contributed by atoms with Crippen molar-refractivity contribution in [2.75, 3.05) is 13.1 Å². The van der Waals surface area contributed by atoms with E-state index in [1.54, 1.807) is 0 Å². The molecule has 2 fully saturated rings. The summed E-state index contributed by atoms with van der Waals surface area (Å²) in [5, 5.41) is 18.8. The van der Waals surface area contributed by atoms with Crippen LogP contribution in [0.5, 0.6) is 0 Å². The molecule has 2 rings (SSSR count). The third kappa shape index (κ3) is 1.16. The summed E-state index contributed by atoms with van der Waals surface area (Å²) >= 11 is 0. The average molecular weight is 171 g/mol. The minimum absolute atomic E-state index is 0.124. The number of fused-ring (bicyclic) bond motifs is 1. The summed E-state index contributed by atoms with van der Waals surface area (Å²) in [5.41, 5.74) is 0. The monoisotopic (exact) mass is 171 g/mol. The van der Waals surface area contributed by atoms with Crippen molar-refractivity contribution in [1.29, 1.82) is 0 Å². The summed E-state index contributed by atoms with van der Waals surface area (Å²) in [4.78, 5) is 13.0. The van der Waals surface area contributed by atoms with Crippen LogP contribution in [0.25, 0.3) is 0 Å². The van der Waals surface area contributed by atoms with Gasteiger partial charge in [0.2, 0.25) is 0 Å². The molecule has 2 saturated heterocycles. The number of rotatable bonds is 0. The lowest BCUT2D eigenvalue weighted by atomic mass is 9.99. The highest BCUT2D eigenvalue weighted by Gasteiger charge is 2.42. The van der Waals surface area contributed by atoms with Gasteiger partial charge in [0.05, 0.1) is 12.2 Å². The van der Waals surface area contributed by atoms with Crippen LogP contribution in [0.15, 0.2) is 0 Å². The first kappa shape index (κ1) is 8.16. The van der Waals surface area contributed by atoms with Crippen molar-refractivity contribution in [2.24, 2.45) is 0 Å². The molecular formula is C8H13NO3. The van der Waals surface area contributed by atoms with Crippen LogP contribution in [0, 0.1) is 0 Å². The van der Waals surface area contributed by atoms with Gasteiger partial charge in [-0.3, -0.25) is 9.69 Å². The van der Waals surface area contributed by atoms with E-state index in [1.807, 2.05) is 4.90 Å². The third-order valence-corrected chi connectivity index (χ3v) is 2.79. The van der Waals surface area contributed by atoms with Gasteiger partial charge in [0.1, 0.15) is 5.78 Å². The van der Waals surface area contributed by atoms with E-state index in [0.29, 0.717) is 25.9 Å². The Morgan fingerprint density at radius 3 is 2.92 bits per heavy atom. The quantitative estimate of drug-likeness (QED) is 0.478. The van der Waals surface area contributed by atoms with Gasteiger partial charge in [-0.05, 0) is 0 Å². The first-order valence-electron chi connectivity index (χ1n) is 4.30. The molecule has 68 valence electrons. The van der Waals surface area contributed by atoms with Crippen molar-refractivity contribution >= 4 is 5.78 Å². The summed E-state index contributed by atoms with van der Waals surface area (Å²) in [6.07, 6.45) is -0.427. The summed E-state index contributed by atoms with van der Waals surface area (Å²) in [6, 6.07) is -0.124. The van der Waals surface area contributed by atoms with Crippen LogP contribution in [0.4, 0.5) is 0 Å². The minimum Gasteiger partial charge on any atom is -0.389 e. The van der Waals surface area contributed by atoms with E-state index < -0.39 is 12.2 Å². The molecule has 0 aromatic heterocycles. The predicted octanol–water partition coefficient (Wildman–Crippen LogP) is -1.24. The van der Waals surface area contributed by atoms with E-state index in [1.165, 1.54) is 0 Å². The number of Topliss-reactive ketones (excluding diaryl/α,β-unsaturated/α-hetero) is 1. The van der Waals surface area contributed by atoms with Crippen molar-refractivity contribution in [3.05, 3.63) is 0 Å². The lowest BCUT2D eigenvalue weighted by Gasteiger charge is -2.29. The van der Waals surface area contributed by atoms with Crippen LogP contribution >= 0.6 is 0 Å². The van der Waals surface area contributed by atoms with Crippen LogP contribution in [-0.4, -0.2) is 52.2 Å². The Labute approximate surface area is 70.8 Å². The minimum atomic E-state index is -0.728. The van der Waals surface area contributed by atoms with E-state index in [0.717, 1.165) is 0 Å². The molecule has 0 aromatic rings. The van der Waals surface area contributed by atoms with Gasteiger partial charge in [-0.15, -0.1) is 0 Å². The van der Waals surface area contributed by atoms with E-state index >= 15 is 0 Å². The zero-order valence-electron chi connectivity index (χ0n) is 6.81. The highest BCUT2D eigenvalue weighted by Crippen LogP contribution is 2.25. The van der Waals surface area contributed by atoms with Crippen molar-refractivity contribution < 1.29 is 15.0 Å². The largest absolute Gasteiger partial charge is 0.389 e. The molecule has 4 heteroatoms. The number of aliphatic hydroxyl groups excluding tert-OH is 2. The molecule has 2 N–H and O–H groups in total. The number of nitrogens with zero attached hydrogens (tertiary/aromatic N) is 1. The van der Waals surface area contributed by atoms with Crippen LogP contribution in [0.3, 0.4) is 0 Å². The molecule has 2 heterocycles. The molecule has 0 amide bonds. The van der Waals surface area contributed by atoms with E-state index in [2.05, 4.69) is 0 Å². The molecule has 0 radical (unpaired) electrons. The smallest absolute Gasteiger partial charge is 0.135 e. The highest BCUT2D eigenvalue weighted by molar-refractivity contribution is 5.80. The first-order valence-corrected chi connectivity index (χ1v) is 4.30. The van der Waals surface area contributed by atoms with Crippen molar-refractivity contribution in [2.45, 2.75) is 31.1 Å². The molecule has 2 aliphatic heterocycles. The molecule has 2 aliphatic rings. The molecule has 0 bridgehead atoms. The Kier molecular flexibility index (Phi) is 1.90. The summed E-state index contributed by atoms with van der Waals surface area (Å²) in [7, 11) is 0. The predicted molar refractivity (Wildman–Crippen MR) is 41.6 cm³/mol. The Hall–Kier alpha value is -0.450. The number of carbonyl (C=O) groups excluding carboxylic acids is 1. The number of piperidine rings is 1. The fraction of sp³-hybridized carbons (Fsp3) is 0.875. The number of ketones is 1. The summed E-state index contributed by atoms with van der Waals surface area (Å²) < 4.78 is 0. The molecule has 3 atom stereocenters. The normalized spacial score (nSPS) is 43.2. The molecule has 3 unspecified atom stereocenters. The Balaban J connectivity index is 2.10. The molecule has 4 nitrogen and oxygen atoms in total. The van der Waals surface area contributed by atoms with E-state index in [9.17, 15) is 15.0 Å². The van der Waals surface area contributed by atoms with E-state index in [4.69, 9.17) is 0 Å². The van der Waals surface area contributed by atoms with Gasteiger partial charge in [-0.1, -0.05) is 0 Å². The highest BCUT2D eigenvalue weighted by atomic mass is 16.3. The average Bonchev–Trinajstić information content (AvgIpc) is 2.31. The van der Waals surface area contributed by atoms with Crippen LogP contribution < -0.4 is 0 Å². The van der Waals surface area contributed by atoms with Crippen molar-refractivity contribution in [1.82, 2.24) is 4.90 Å². The van der Waals surface area contributed by atoms with Gasteiger partial charge in [-0.25, -0.2) is 0 Å². The van der Waals surface area contributed by atoms with Gasteiger partial charge in [0, 0.05) is 32.0 Å². The van der Waals surface area contributed by atoms with Gasteiger partial charge >= 0.3 is 0 Å². The Morgan fingerprint density at radius 2 is 2.17 bits per heavy atom. The number of aliphatic hydroxyl groups is 2. The maximum absolute atomic E-state index is 11.0. The van der Waals surface area contributed by atoms with Gasteiger partial charge < -0.3 is 10.2 Å². The molecule has 0 saturated carbocycles. The second-order valence-corrected chi connectivity index (χ2v) is 3.61. The lowest BCUT2D eigenvalue weighted by Crippen LogP contribution is -2.42. The Bertz CT molecular complexity index is 206. The summed E-state index contributed by atoms with van der Waals surface area (Å²) in [5.74, 6) is 0.199. The van der Waals surface area contributed by atoms with Gasteiger partial charge in [-0.2, -0.15) is 0 Å². The zero-order valence-corrected chi connectivity index (χ0v) is 6.81. The standard InChI is InChI=1S/C8H13NO3/c10-5-1-2-9-4-7(11)8(12)6(9)3-5/h6-8,11-12H,1-4H2. The number of hydrogen-bond donors (Lipinski definition) is 2. The first-order chi connectivity index (χ1) is 5.68. The lowest BCUT2D eigenvalue weighted by molar-refractivity contribution is -0.123. The SMILES string of the molecule is O=C1CCN2CC(O)C(O)C2C1. The van der Waals surface area contributed by atoms with E-state index in [-0.39, 0.29) is 11.8 Å². The fourth-order valence-electron chi connectivity index (χ4n) is 2.07. The maximum atomic E-state index is 11.0. The summed E-state index contributed by atoms with van der Waals surface area (Å²) in [6.45, 7) is 1.21. The molecular weight excluding hydrogens is 158 g/mol. The van der Waals surface area contributed by atoms with Crippen LogP contribution in [0.1, 0.15) is 12.8 Å². The Morgan fingerprint density at radius 1 is 1.42 bits per heavy atom. The zero-order chi connectivity index (χ0) is 8.72. The molecule has 0 spiro atoms. The van der Waals surface area contributed by atoms with Gasteiger partial charge in [0.25, 0.3) is 0 Å². The number of hydrogen-bond acceptors (Lipinski definition) is 4. The maximum Gasteiger partial charge on any atom is 0.135 e. The van der Waals surface area contributed by atoms with Crippen molar-refractivity contribution in [3.8, 4) is 0 Å². The third-order valence-electron chi connectivity index (χ3n) is 2.79. The van der Waals surface area contributed by atoms with Crippen LogP contribution in [0.2, 0.25) is 0 Å². The van der Waals surface area contributed by atoms with Gasteiger partial charge in [0.15, 0.2) is 0 Å².